The zero-order chi connectivity index (χ0) is 20.4. The summed E-state index contributed by atoms with van der Waals surface area (Å²) in [6.45, 7) is 3.88. The average Bonchev–Trinajstić information content (AvgIpc) is 3.34. The third kappa shape index (κ3) is 4.07. The van der Waals surface area contributed by atoms with Gasteiger partial charge in [0.2, 0.25) is 5.82 Å². The lowest BCUT2D eigenvalue weighted by molar-refractivity contribution is -0.391. The molecule has 1 saturated heterocycles. The van der Waals surface area contributed by atoms with Gasteiger partial charge < -0.3 is 14.9 Å². The number of rotatable bonds is 6. The van der Waals surface area contributed by atoms with Crippen molar-refractivity contribution < 1.29 is 14.5 Å². The number of nitrogens with zero attached hydrogens (tertiary/aromatic N) is 4. The van der Waals surface area contributed by atoms with E-state index in [-0.39, 0.29) is 11.6 Å². The van der Waals surface area contributed by atoms with Crippen LogP contribution in [0.15, 0.2) is 30.0 Å². The molecule has 0 atom stereocenters. The number of likely N-dealkylation sites (tertiary alicyclic amines) is 1. The van der Waals surface area contributed by atoms with Crippen LogP contribution in [0.4, 0.5) is 5.82 Å². The minimum atomic E-state index is -0.488. The Morgan fingerprint density at radius 3 is 2.79 bits per heavy atom. The molecule has 2 aromatic rings. The molecule has 8 nitrogen and oxygen atoms in total. The molecule has 1 aliphatic carbocycles. The van der Waals surface area contributed by atoms with E-state index in [9.17, 15) is 14.9 Å². The zero-order valence-corrected chi connectivity index (χ0v) is 16.5. The van der Waals surface area contributed by atoms with Crippen molar-refractivity contribution in [2.24, 2.45) is 7.05 Å². The number of allylic oxidation sites excluding steroid dienone is 1. The smallest absolute Gasteiger partial charge is 0.342 e. The van der Waals surface area contributed by atoms with Crippen LogP contribution in [0.1, 0.15) is 41.0 Å². The van der Waals surface area contributed by atoms with Crippen LogP contribution in [-0.2, 0) is 13.5 Å². The molecular formula is C21H24N4O4. The van der Waals surface area contributed by atoms with E-state index >= 15 is 0 Å². The quantitative estimate of drug-likeness (QED) is 0.424. The van der Waals surface area contributed by atoms with E-state index in [1.165, 1.54) is 23.6 Å². The summed E-state index contributed by atoms with van der Waals surface area (Å²) in [5.41, 5.74) is 2.26. The number of carbonyl (C=O) groups excluding carboxylic acids is 1. The monoisotopic (exact) mass is 396 g/mol. The maximum absolute atomic E-state index is 12.9. The Kier molecular flexibility index (Phi) is 5.44. The van der Waals surface area contributed by atoms with Gasteiger partial charge in [-0.05, 0) is 67.5 Å². The lowest BCUT2D eigenvalue weighted by atomic mass is 9.86. The highest BCUT2D eigenvalue weighted by Gasteiger charge is 2.24. The van der Waals surface area contributed by atoms with Crippen molar-refractivity contribution >= 4 is 17.7 Å². The first-order chi connectivity index (χ1) is 14.0. The van der Waals surface area contributed by atoms with Gasteiger partial charge in [-0.1, -0.05) is 0 Å². The van der Waals surface area contributed by atoms with Crippen LogP contribution in [0.5, 0.6) is 5.75 Å². The van der Waals surface area contributed by atoms with Gasteiger partial charge in [0.25, 0.3) is 0 Å². The highest BCUT2D eigenvalue weighted by atomic mass is 16.6. The van der Waals surface area contributed by atoms with Gasteiger partial charge in [0, 0.05) is 23.8 Å². The van der Waals surface area contributed by atoms with Gasteiger partial charge in [-0.15, -0.1) is 0 Å². The van der Waals surface area contributed by atoms with E-state index in [1.807, 2.05) is 18.2 Å². The minimum Gasteiger partial charge on any atom is -0.492 e. The SMILES string of the molecule is Cn1c([N+](=O)[O-])cnc1/C=C1\CCc2cc(OCCN3CCCC3)ccc2C1=O. The number of nitro groups is 1. The van der Waals surface area contributed by atoms with Crippen molar-refractivity contribution in [3.63, 3.8) is 0 Å². The lowest BCUT2D eigenvalue weighted by Gasteiger charge is -2.19. The van der Waals surface area contributed by atoms with Gasteiger partial charge in [-0.3, -0.25) is 9.69 Å². The number of ether oxygens (including phenoxy) is 1. The van der Waals surface area contributed by atoms with Gasteiger partial charge in [0.15, 0.2) is 5.78 Å². The largest absolute Gasteiger partial charge is 0.492 e. The minimum absolute atomic E-state index is 0.0551. The lowest BCUT2D eigenvalue weighted by Crippen LogP contribution is -2.25. The number of carbonyl (C=O) groups is 1. The zero-order valence-electron chi connectivity index (χ0n) is 16.5. The highest BCUT2D eigenvalue weighted by Crippen LogP contribution is 2.29. The van der Waals surface area contributed by atoms with Crippen LogP contribution in [0, 0.1) is 10.1 Å². The van der Waals surface area contributed by atoms with Gasteiger partial charge in [-0.25, -0.2) is 9.55 Å². The molecule has 0 amide bonds. The third-order valence-electron chi connectivity index (χ3n) is 5.64. The van der Waals surface area contributed by atoms with Gasteiger partial charge >= 0.3 is 5.82 Å². The first kappa shape index (κ1) is 19.3. The van der Waals surface area contributed by atoms with Gasteiger partial charge in [0.05, 0.1) is 7.05 Å². The van der Waals surface area contributed by atoms with Crippen molar-refractivity contribution in [2.45, 2.75) is 25.7 Å². The number of hydrogen-bond donors (Lipinski definition) is 0. The first-order valence-electron chi connectivity index (χ1n) is 9.92. The summed E-state index contributed by atoms with van der Waals surface area (Å²) in [6, 6.07) is 5.62. The van der Waals surface area contributed by atoms with Gasteiger partial charge in [0.1, 0.15) is 18.6 Å². The fraction of sp³-hybridized carbons (Fsp3) is 0.429. The standard InChI is InChI=1S/C21H24N4O4/c1-23-19(22-14-20(23)25(27)28)13-16-5-4-15-12-17(6-7-18(15)21(16)26)29-11-10-24-8-2-3-9-24/h6-7,12-14H,2-5,8-11H2,1H3/b16-13+. The van der Waals surface area contributed by atoms with Crippen molar-refractivity contribution in [3.05, 3.63) is 57.0 Å². The van der Waals surface area contributed by atoms with E-state index in [4.69, 9.17) is 4.74 Å². The summed E-state index contributed by atoms with van der Waals surface area (Å²) in [6.07, 6.45) is 6.69. The summed E-state index contributed by atoms with van der Waals surface area (Å²) < 4.78 is 7.27. The normalized spacial score (nSPS) is 18.2. The second kappa shape index (κ2) is 8.16. The second-order valence-electron chi connectivity index (χ2n) is 7.51. The van der Waals surface area contributed by atoms with Crippen molar-refractivity contribution in [2.75, 3.05) is 26.2 Å². The molecule has 0 saturated carbocycles. The Hall–Kier alpha value is -3.00. The Morgan fingerprint density at radius 2 is 2.07 bits per heavy atom. The molecule has 4 rings (SSSR count). The number of imidazole rings is 1. The van der Waals surface area contributed by atoms with Crippen molar-refractivity contribution in [3.8, 4) is 5.75 Å². The molecule has 0 N–H and O–H groups in total. The molecular weight excluding hydrogens is 372 g/mol. The predicted molar refractivity (Wildman–Crippen MR) is 108 cm³/mol. The molecule has 0 bridgehead atoms. The fourth-order valence-electron chi connectivity index (χ4n) is 3.95. The van der Waals surface area contributed by atoms with Gasteiger partial charge in [-0.2, -0.15) is 0 Å². The topological polar surface area (TPSA) is 90.5 Å². The van der Waals surface area contributed by atoms with Crippen molar-refractivity contribution in [1.82, 2.24) is 14.5 Å². The molecule has 0 radical (unpaired) electrons. The second-order valence-corrected chi connectivity index (χ2v) is 7.51. The van der Waals surface area contributed by atoms with E-state index in [0.717, 1.165) is 37.4 Å². The van der Waals surface area contributed by atoms with Crippen LogP contribution < -0.4 is 4.74 Å². The number of hydrogen-bond acceptors (Lipinski definition) is 6. The molecule has 29 heavy (non-hydrogen) atoms. The fourth-order valence-corrected chi connectivity index (χ4v) is 3.95. The summed E-state index contributed by atoms with van der Waals surface area (Å²) in [5, 5.41) is 11.0. The number of ketones is 1. The highest BCUT2D eigenvalue weighted by molar-refractivity contribution is 6.13. The van der Waals surface area contributed by atoms with Crippen LogP contribution in [0.3, 0.4) is 0 Å². The summed E-state index contributed by atoms with van der Waals surface area (Å²) >= 11 is 0. The molecule has 1 fully saturated rings. The predicted octanol–water partition coefficient (Wildman–Crippen LogP) is 3.02. The molecule has 1 aromatic carbocycles. The van der Waals surface area contributed by atoms with Crippen molar-refractivity contribution in [1.29, 1.82) is 0 Å². The number of benzene rings is 1. The van der Waals surface area contributed by atoms with E-state index in [2.05, 4.69) is 9.88 Å². The van der Waals surface area contributed by atoms with Crippen LogP contribution in [-0.4, -0.2) is 51.4 Å². The molecule has 0 spiro atoms. The Bertz CT molecular complexity index is 973. The third-order valence-corrected chi connectivity index (χ3v) is 5.64. The van der Waals surface area contributed by atoms with E-state index < -0.39 is 4.92 Å². The Balaban J connectivity index is 1.45. The van der Waals surface area contributed by atoms with E-state index in [0.29, 0.717) is 30.0 Å². The molecule has 1 aromatic heterocycles. The van der Waals surface area contributed by atoms with Crippen LogP contribution in [0.25, 0.3) is 6.08 Å². The summed E-state index contributed by atoms with van der Waals surface area (Å²) in [7, 11) is 1.57. The number of aromatic nitrogens is 2. The summed E-state index contributed by atoms with van der Waals surface area (Å²) in [5.74, 6) is 1.05. The summed E-state index contributed by atoms with van der Waals surface area (Å²) in [4.78, 5) is 29.9. The molecule has 2 heterocycles. The Morgan fingerprint density at radius 1 is 1.28 bits per heavy atom. The number of Topliss-reactive ketones (excluding diaryl/α,β-unsaturated/α-hetero) is 1. The maximum Gasteiger partial charge on any atom is 0.342 e. The molecule has 0 unspecified atom stereocenters. The molecule has 8 heteroatoms. The number of fused-ring (bicyclic) bond motifs is 1. The van der Waals surface area contributed by atoms with Crippen LogP contribution >= 0.6 is 0 Å². The Labute approximate surface area is 168 Å². The molecule has 152 valence electrons. The molecule has 1 aliphatic heterocycles. The van der Waals surface area contributed by atoms with Crippen LogP contribution in [0.2, 0.25) is 0 Å². The van der Waals surface area contributed by atoms with E-state index in [1.54, 1.807) is 13.1 Å². The maximum atomic E-state index is 12.9. The number of aryl methyl sites for hydroxylation is 1. The molecule has 2 aliphatic rings. The first-order valence-corrected chi connectivity index (χ1v) is 9.92. The average molecular weight is 396 g/mol.